The highest BCUT2D eigenvalue weighted by molar-refractivity contribution is 9.10. The summed E-state index contributed by atoms with van der Waals surface area (Å²) in [4.78, 5) is 0. The lowest BCUT2D eigenvalue weighted by atomic mass is 10.0. The molecule has 0 amide bonds. The quantitative estimate of drug-likeness (QED) is 0.261. The number of nitrogens with zero attached hydrogens (tertiary/aromatic N) is 1. The van der Waals surface area contributed by atoms with Crippen molar-refractivity contribution >= 4 is 43.5 Å². The molecule has 0 aliphatic heterocycles. The maximum absolute atomic E-state index is 14.1. The van der Waals surface area contributed by atoms with E-state index in [1.54, 1.807) is 43.5 Å². The minimum atomic E-state index is -0.444. The maximum Gasteiger partial charge on any atom is 0.175 e. The number of allylic oxidation sites excluding steroid dienone is 1. The predicted molar refractivity (Wildman–Crippen MR) is 119 cm³/mol. The lowest BCUT2D eigenvalue weighted by molar-refractivity contribution is 0.282. The van der Waals surface area contributed by atoms with E-state index in [0.29, 0.717) is 28.1 Å². The van der Waals surface area contributed by atoms with E-state index in [0.717, 1.165) is 10.0 Å². The third kappa shape index (κ3) is 5.26. The van der Waals surface area contributed by atoms with E-state index in [4.69, 9.17) is 9.47 Å². The number of halogens is 3. The standard InChI is InChI=1S/C23H16Br2FNO2/c1-28-22-12-16(10-17(13-27)19-4-2-3-5-21(19)26)11-20(25)23(22)29-14-15-6-8-18(24)9-7-15/h2-12H,14H2,1H3/b17-10-. The Morgan fingerprint density at radius 1 is 1.10 bits per heavy atom. The van der Waals surface area contributed by atoms with Crippen molar-refractivity contribution in [2.45, 2.75) is 6.61 Å². The molecule has 0 N–H and O–H groups in total. The van der Waals surface area contributed by atoms with Crippen LogP contribution in [0.25, 0.3) is 11.6 Å². The fourth-order valence-corrected chi connectivity index (χ4v) is 3.55. The van der Waals surface area contributed by atoms with Crippen molar-refractivity contribution in [3.8, 4) is 17.6 Å². The summed E-state index contributed by atoms with van der Waals surface area (Å²) in [6.45, 7) is 0.371. The summed E-state index contributed by atoms with van der Waals surface area (Å²) >= 11 is 6.92. The van der Waals surface area contributed by atoms with Crippen LogP contribution in [0.5, 0.6) is 11.5 Å². The Hall–Kier alpha value is -2.62. The molecule has 3 nitrogen and oxygen atoms in total. The zero-order valence-electron chi connectivity index (χ0n) is 15.5. The number of methoxy groups -OCH3 is 1. The molecular weight excluding hydrogens is 501 g/mol. The summed E-state index contributed by atoms with van der Waals surface area (Å²) in [6.07, 6.45) is 1.62. The van der Waals surface area contributed by atoms with Crippen LogP contribution in [0.2, 0.25) is 0 Å². The Labute approximate surface area is 185 Å². The first-order valence-corrected chi connectivity index (χ1v) is 10.2. The van der Waals surface area contributed by atoms with Crippen LogP contribution in [0.3, 0.4) is 0 Å². The minimum Gasteiger partial charge on any atom is -0.493 e. The maximum atomic E-state index is 14.1. The minimum absolute atomic E-state index is 0.223. The zero-order valence-corrected chi connectivity index (χ0v) is 18.6. The third-order valence-electron chi connectivity index (χ3n) is 4.14. The molecule has 0 spiro atoms. The highest BCUT2D eigenvalue weighted by Crippen LogP contribution is 2.38. The van der Waals surface area contributed by atoms with Gasteiger partial charge in [-0.1, -0.05) is 46.3 Å². The molecule has 6 heteroatoms. The fourth-order valence-electron chi connectivity index (χ4n) is 2.72. The summed E-state index contributed by atoms with van der Waals surface area (Å²) < 4.78 is 27.1. The number of hydrogen-bond acceptors (Lipinski definition) is 3. The summed E-state index contributed by atoms with van der Waals surface area (Å²) in [5, 5.41) is 9.49. The molecule has 0 fully saturated rings. The van der Waals surface area contributed by atoms with Gasteiger partial charge in [0.15, 0.2) is 11.5 Å². The molecule has 0 atom stereocenters. The molecule has 0 aliphatic carbocycles. The summed E-state index contributed by atoms with van der Waals surface area (Å²) in [5.74, 6) is 0.617. The van der Waals surface area contributed by atoms with Crippen LogP contribution >= 0.6 is 31.9 Å². The first kappa shape index (κ1) is 21.1. The lowest BCUT2D eigenvalue weighted by Gasteiger charge is -2.14. The largest absolute Gasteiger partial charge is 0.493 e. The molecule has 0 heterocycles. The SMILES string of the molecule is COc1cc(/C=C(/C#N)c2ccccc2F)cc(Br)c1OCc1ccc(Br)cc1. The second-order valence-corrected chi connectivity index (χ2v) is 7.87. The van der Waals surface area contributed by atoms with Gasteiger partial charge in [0.1, 0.15) is 12.4 Å². The monoisotopic (exact) mass is 515 g/mol. The molecule has 0 aromatic heterocycles. The van der Waals surface area contributed by atoms with Crippen molar-refractivity contribution in [3.05, 3.63) is 92.1 Å². The van der Waals surface area contributed by atoms with Gasteiger partial charge in [-0.3, -0.25) is 0 Å². The average Bonchev–Trinajstić information content (AvgIpc) is 2.72. The van der Waals surface area contributed by atoms with Gasteiger partial charge in [-0.2, -0.15) is 5.26 Å². The van der Waals surface area contributed by atoms with Crippen molar-refractivity contribution in [2.75, 3.05) is 7.11 Å². The number of benzene rings is 3. The Morgan fingerprint density at radius 3 is 2.48 bits per heavy atom. The molecule has 0 aliphatic rings. The topological polar surface area (TPSA) is 42.2 Å². The predicted octanol–water partition coefficient (Wildman–Crippen LogP) is 7.00. The first-order chi connectivity index (χ1) is 14.0. The summed E-state index contributed by atoms with van der Waals surface area (Å²) in [6, 6.07) is 19.6. The molecule has 146 valence electrons. The van der Waals surface area contributed by atoms with E-state index in [2.05, 4.69) is 37.9 Å². The van der Waals surface area contributed by atoms with Crippen LogP contribution < -0.4 is 9.47 Å². The molecule has 0 bridgehead atoms. The van der Waals surface area contributed by atoms with Gasteiger partial charge in [-0.15, -0.1) is 0 Å². The number of hydrogen-bond donors (Lipinski definition) is 0. The van der Waals surface area contributed by atoms with Crippen LogP contribution in [0.1, 0.15) is 16.7 Å². The van der Waals surface area contributed by atoms with E-state index in [1.807, 2.05) is 24.3 Å². The normalized spacial score (nSPS) is 11.1. The Balaban J connectivity index is 1.90. The molecule has 0 saturated carbocycles. The highest BCUT2D eigenvalue weighted by atomic mass is 79.9. The van der Waals surface area contributed by atoms with Gasteiger partial charge in [-0.05, 0) is 63.5 Å². The Bertz CT molecular complexity index is 1090. The molecule has 29 heavy (non-hydrogen) atoms. The highest BCUT2D eigenvalue weighted by Gasteiger charge is 2.13. The van der Waals surface area contributed by atoms with E-state index >= 15 is 0 Å². The van der Waals surface area contributed by atoms with Crippen molar-refractivity contribution in [3.63, 3.8) is 0 Å². The second kappa shape index (κ2) is 9.73. The van der Waals surface area contributed by atoms with Crippen LogP contribution in [-0.4, -0.2) is 7.11 Å². The molecule has 3 aromatic carbocycles. The molecular formula is C23H16Br2FNO2. The number of nitriles is 1. The summed E-state index contributed by atoms with van der Waals surface area (Å²) in [5.41, 5.74) is 2.17. The van der Waals surface area contributed by atoms with Crippen LogP contribution in [-0.2, 0) is 6.61 Å². The Morgan fingerprint density at radius 2 is 1.83 bits per heavy atom. The zero-order chi connectivity index (χ0) is 20.8. The van der Waals surface area contributed by atoms with Gasteiger partial charge >= 0.3 is 0 Å². The number of ether oxygens (including phenoxy) is 2. The number of rotatable bonds is 6. The smallest absolute Gasteiger partial charge is 0.175 e. The van der Waals surface area contributed by atoms with E-state index in [-0.39, 0.29) is 11.1 Å². The van der Waals surface area contributed by atoms with Gasteiger partial charge in [0, 0.05) is 10.0 Å². The molecule has 0 radical (unpaired) electrons. The van der Waals surface area contributed by atoms with Crippen molar-refractivity contribution < 1.29 is 13.9 Å². The van der Waals surface area contributed by atoms with Gasteiger partial charge in [0.05, 0.1) is 23.2 Å². The third-order valence-corrected chi connectivity index (χ3v) is 5.26. The van der Waals surface area contributed by atoms with E-state index in [9.17, 15) is 9.65 Å². The fraction of sp³-hybridized carbons (Fsp3) is 0.0870. The molecule has 3 rings (SSSR count). The molecule has 3 aromatic rings. The van der Waals surface area contributed by atoms with E-state index in [1.165, 1.54) is 6.07 Å². The summed E-state index contributed by atoms with van der Waals surface area (Å²) in [7, 11) is 1.55. The van der Waals surface area contributed by atoms with Crippen LogP contribution in [0.15, 0.2) is 69.6 Å². The first-order valence-electron chi connectivity index (χ1n) is 8.63. The molecule has 0 unspecified atom stereocenters. The lowest BCUT2D eigenvalue weighted by Crippen LogP contribution is -1.99. The van der Waals surface area contributed by atoms with Crippen LogP contribution in [0.4, 0.5) is 4.39 Å². The van der Waals surface area contributed by atoms with Crippen molar-refractivity contribution in [1.29, 1.82) is 5.26 Å². The van der Waals surface area contributed by atoms with Gasteiger partial charge in [0.25, 0.3) is 0 Å². The second-order valence-electron chi connectivity index (χ2n) is 6.10. The van der Waals surface area contributed by atoms with Gasteiger partial charge in [0.2, 0.25) is 0 Å². The molecule has 0 saturated heterocycles. The van der Waals surface area contributed by atoms with Crippen molar-refractivity contribution in [1.82, 2.24) is 0 Å². The Kier molecular flexibility index (Phi) is 7.08. The van der Waals surface area contributed by atoms with Gasteiger partial charge < -0.3 is 9.47 Å². The van der Waals surface area contributed by atoms with Crippen LogP contribution in [0, 0.1) is 17.1 Å². The van der Waals surface area contributed by atoms with E-state index < -0.39 is 5.82 Å². The average molecular weight is 517 g/mol. The van der Waals surface area contributed by atoms with Crippen molar-refractivity contribution in [2.24, 2.45) is 0 Å². The van der Waals surface area contributed by atoms with Gasteiger partial charge in [-0.25, -0.2) is 4.39 Å².